The molecule has 2 aromatic carbocycles. The Morgan fingerprint density at radius 2 is 1.84 bits per heavy atom. The zero-order valence-corrected chi connectivity index (χ0v) is 18.6. The molecule has 0 saturated carbocycles. The van der Waals surface area contributed by atoms with Gasteiger partial charge >= 0.3 is 0 Å². The van der Waals surface area contributed by atoms with Crippen molar-refractivity contribution in [1.82, 2.24) is 9.78 Å². The number of nitrogens with zero attached hydrogens (tertiary/aromatic N) is 2. The van der Waals surface area contributed by atoms with Crippen LogP contribution < -0.4 is 10.1 Å². The van der Waals surface area contributed by atoms with Crippen LogP contribution in [0.4, 0.5) is 5.82 Å². The lowest BCUT2D eigenvalue weighted by atomic mass is 10.0. The number of nitrogens with one attached hydrogen (secondary N) is 1. The van der Waals surface area contributed by atoms with Crippen LogP contribution in [0.2, 0.25) is 0 Å². The van der Waals surface area contributed by atoms with Gasteiger partial charge in [0.05, 0.1) is 22.9 Å². The average molecular weight is 440 g/mol. The van der Waals surface area contributed by atoms with Gasteiger partial charge in [0.1, 0.15) is 11.6 Å². The van der Waals surface area contributed by atoms with Crippen molar-refractivity contribution in [3.63, 3.8) is 0 Å². The van der Waals surface area contributed by atoms with Crippen LogP contribution >= 0.6 is 0 Å². The number of aryl methyl sites for hydroxylation is 1. The van der Waals surface area contributed by atoms with E-state index in [1.807, 2.05) is 55.5 Å². The Hall–Kier alpha value is -3.13. The third kappa shape index (κ3) is 4.49. The lowest BCUT2D eigenvalue weighted by Crippen LogP contribution is -2.23. The van der Waals surface area contributed by atoms with Gasteiger partial charge in [0.2, 0.25) is 0 Å². The van der Waals surface area contributed by atoms with Gasteiger partial charge in [0, 0.05) is 5.56 Å². The van der Waals surface area contributed by atoms with Gasteiger partial charge in [-0.15, -0.1) is 0 Å². The second-order valence-corrected chi connectivity index (χ2v) is 10.1. The van der Waals surface area contributed by atoms with Gasteiger partial charge in [-0.2, -0.15) is 5.10 Å². The Morgan fingerprint density at radius 3 is 2.52 bits per heavy atom. The third-order valence-electron chi connectivity index (χ3n) is 5.31. The second kappa shape index (κ2) is 8.19. The Balaban J connectivity index is 1.56. The summed E-state index contributed by atoms with van der Waals surface area (Å²) in [6, 6.07) is 15.2. The highest BCUT2D eigenvalue weighted by molar-refractivity contribution is 7.90. The number of amides is 1. The Labute approximate surface area is 182 Å². The van der Waals surface area contributed by atoms with Gasteiger partial charge in [-0.25, -0.2) is 13.1 Å². The Morgan fingerprint density at radius 1 is 1.13 bits per heavy atom. The fourth-order valence-corrected chi connectivity index (χ4v) is 5.11. The van der Waals surface area contributed by atoms with E-state index < -0.39 is 9.84 Å². The molecule has 0 saturated heterocycles. The molecule has 3 aromatic rings. The number of aromatic nitrogens is 2. The topological polar surface area (TPSA) is 90.3 Å². The van der Waals surface area contributed by atoms with Crippen molar-refractivity contribution in [2.24, 2.45) is 0 Å². The third-order valence-corrected chi connectivity index (χ3v) is 6.75. The lowest BCUT2D eigenvalue weighted by molar-refractivity contribution is -0.118. The summed E-state index contributed by atoms with van der Waals surface area (Å²) in [5.41, 5.74) is 3.95. The molecule has 1 amide bonds. The fourth-order valence-electron chi connectivity index (χ4n) is 3.61. The molecule has 7 nitrogen and oxygen atoms in total. The molecule has 4 rings (SSSR count). The van der Waals surface area contributed by atoms with Gasteiger partial charge in [-0.05, 0) is 42.2 Å². The highest BCUT2D eigenvalue weighted by Gasteiger charge is 2.33. The molecule has 1 N–H and O–H groups in total. The second-order valence-electron chi connectivity index (χ2n) is 8.06. The van der Waals surface area contributed by atoms with E-state index in [9.17, 15) is 13.2 Å². The van der Waals surface area contributed by atoms with Crippen molar-refractivity contribution in [1.29, 1.82) is 0 Å². The van der Waals surface area contributed by atoms with Gasteiger partial charge < -0.3 is 10.1 Å². The molecular weight excluding hydrogens is 414 g/mol. The predicted molar refractivity (Wildman–Crippen MR) is 119 cm³/mol. The minimum Gasteiger partial charge on any atom is -0.484 e. The van der Waals surface area contributed by atoms with Crippen molar-refractivity contribution in [3.05, 3.63) is 70.9 Å². The molecule has 31 heavy (non-hydrogen) atoms. The van der Waals surface area contributed by atoms with Gasteiger partial charge in [0.15, 0.2) is 16.4 Å². The Bertz CT molecular complexity index is 1230. The van der Waals surface area contributed by atoms with Crippen molar-refractivity contribution in [2.45, 2.75) is 38.2 Å². The first-order valence-electron chi connectivity index (χ1n) is 10.1. The summed E-state index contributed by atoms with van der Waals surface area (Å²) >= 11 is 0. The molecule has 1 aliphatic rings. The molecule has 0 radical (unpaired) electrons. The maximum atomic E-state index is 12.7. The number of fused-ring (bicyclic) bond motifs is 1. The number of carbonyl (C=O) groups excluding carboxylic acids is 1. The number of ether oxygens (including phenoxy) is 1. The molecule has 0 aliphatic carbocycles. The van der Waals surface area contributed by atoms with Crippen LogP contribution in [-0.2, 0) is 26.1 Å². The standard InChI is InChI=1S/C23H25N3O4S/c1-15(2)17-8-10-18(11-9-17)30-12-22(27)24-23-19-13-31(28,29)14-20(19)25-26(23)21-7-5-4-6-16(21)3/h4-11,15H,12-14H2,1-3H3,(H,24,27). The molecule has 1 aromatic heterocycles. The number of rotatable bonds is 6. The molecule has 0 fully saturated rings. The minimum absolute atomic E-state index is 0.122. The molecule has 2 heterocycles. The van der Waals surface area contributed by atoms with E-state index in [4.69, 9.17) is 4.74 Å². The van der Waals surface area contributed by atoms with E-state index in [1.165, 1.54) is 5.56 Å². The summed E-state index contributed by atoms with van der Waals surface area (Å²) in [5, 5.41) is 7.32. The first kappa shape index (κ1) is 21.1. The average Bonchev–Trinajstić information content (AvgIpc) is 3.19. The summed E-state index contributed by atoms with van der Waals surface area (Å²) in [7, 11) is -3.25. The van der Waals surface area contributed by atoms with E-state index in [0.29, 0.717) is 28.7 Å². The van der Waals surface area contributed by atoms with Crippen LogP contribution in [0.1, 0.15) is 42.1 Å². The number of sulfone groups is 1. The molecular formula is C23H25N3O4S. The van der Waals surface area contributed by atoms with E-state index in [2.05, 4.69) is 24.3 Å². The predicted octanol–water partition coefficient (Wildman–Crippen LogP) is 3.75. The van der Waals surface area contributed by atoms with Crippen LogP contribution in [0.15, 0.2) is 48.5 Å². The maximum absolute atomic E-state index is 12.7. The number of carbonyl (C=O) groups is 1. The number of hydrogen-bond donors (Lipinski definition) is 1. The monoisotopic (exact) mass is 439 g/mol. The number of anilines is 1. The van der Waals surface area contributed by atoms with Crippen LogP contribution in [0.25, 0.3) is 5.69 Å². The largest absolute Gasteiger partial charge is 0.484 e. The van der Waals surface area contributed by atoms with Crippen molar-refractivity contribution in [3.8, 4) is 11.4 Å². The van der Waals surface area contributed by atoms with Crippen molar-refractivity contribution < 1.29 is 17.9 Å². The van der Waals surface area contributed by atoms with E-state index in [-0.39, 0.29) is 24.0 Å². The quantitative estimate of drug-likeness (QED) is 0.632. The molecule has 0 unspecified atom stereocenters. The van der Waals surface area contributed by atoms with Crippen LogP contribution in [0.5, 0.6) is 5.75 Å². The first-order valence-corrected chi connectivity index (χ1v) is 12.0. The minimum atomic E-state index is -3.25. The summed E-state index contributed by atoms with van der Waals surface area (Å²) in [4.78, 5) is 12.7. The normalized spacial score (nSPS) is 14.5. The van der Waals surface area contributed by atoms with E-state index in [0.717, 1.165) is 11.3 Å². The maximum Gasteiger partial charge on any atom is 0.263 e. The number of hydrogen-bond acceptors (Lipinski definition) is 5. The van der Waals surface area contributed by atoms with Crippen LogP contribution in [-0.4, -0.2) is 30.7 Å². The summed E-state index contributed by atoms with van der Waals surface area (Å²) in [6.45, 7) is 5.97. The van der Waals surface area contributed by atoms with Gasteiger partial charge in [-0.1, -0.05) is 44.2 Å². The molecule has 0 atom stereocenters. The van der Waals surface area contributed by atoms with Crippen LogP contribution in [0.3, 0.4) is 0 Å². The summed E-state index contributed by atoms with van der Waals surface area (Å²) in [5.74, 6) is 0.755. The highest BCUT2D eigenvalue weighted by atomic mass is 32.2. The van der Waals surface area contributed by atoms with E-state index in [1.54, 1.807) is 4.68 Å². The molecule has 1 aliphatic heterocycles. The molecule has 8 heteroatoms. The van der Waals surface area contributed by atoms with Gasteiger partial charge in [-0.3, -0.25) is 4.79 Å². The molecule has 0 bridgehead atoms. The Kier molecular flexibility index (Phi) is 5.58. The van der Waals surface area contributed by atoms with Gasteiger partial charge in [0.25, 0.3) is 5.91 Å². The van der Waals surface area contributed by atoms with Crippen molar-refractivity contribution in [2.75, 3.05) is 11.9 Å². The molecule has 162 valence electrons. The first-order chi connectivity index (χ1) is 14.7. The molecule has 0 spiro atoms. The lowest BCUT2D eigenvalue weighted by Gasteiger charge is -2.13. The van der Waals surface area contributed by atoms with Crippen molar-refractivity contribution >= 4 is 21.6 Å². The zero-order chi connectivity index (χ0) is 22.2. The number of benzene rings is 2. The number of para-hydroxylation sites is 1. The highest BCUT2D eigenvalue weighted by Crippen LogP contribution is 2.33. The SMILES string of the molecule is Cc1ccccc1-n1nc2c(c1NC(=O)COc1ccc(C(C)C)cc1)CS(=O)(=O)C2. The summed E-state index contributed by atoms with van der Waals surface area (Å²) in [6.07, 6.45) is 0. The van der Waals surface area contributed by atoms with E-state index >= 15 is 0 Å². The van der Waals surface area contributed by atoms with Crippen LogP contribution in [0, 0.1) is 6.92 Å². The summed E-state index contributed by atoms with van der Waals surface area (Å²) < 4.78 is 31.4. The smallest absolute Gasteiger partial charge is 0.263 e. The fraction of sp³-hybridized carbons (Fsp3) is 0.304. The zero-order valence-electron chi connectivity index (χ0n) is 17.8.